The van der Waals surface area contributed by atoms with E-state index in [0.29, 0.717) is 0 Å². The highest BCUT2D eigenvalue weighted by Gasteiger charge is 1.96. The second kappa shape index (κ2) is 4.17. The maximum Gasteiger partial charge on any atom is 0.139 e. The molecule has 0 N–H and O–H groups in total. The highest BCUT2D eigenvalue weighted by atomic mass is 127. The van der Waals surface area contributed by atoms with Gasteiger partial charge >= 0.3 is 0 Å². The molecule has 0 heterocycles. The molecule has 14 heavy (non-hydrogen) atoms. The van der Waals surface area contributed by atoms with Gasteiger partial charge in [0, 0.05) is 3.57 Å². The molecule has 0 unspecified atom stereocenters. The lowest BCUT2D eigenvalue weighted by molar-refractivity contribution is 1.60. The molecule has 0 amide bonds. The van der Waals surface area contributed by atoms with E-state index in [4.69, 9.17) is 0 Å². The van der Waals surface area contributed by atoms with Gasteiger partial charge in [-0.25, -0.2) is 0 Å². The van der Waals surface area contributed by atoms with Crippen LogP contribution in [0.15, 0.2) is 48.5 Å². The van der Waals surface area contributed by atoms with E-state index in [9.17, 15) is 0 Å². The Balaban J connectivity index is 2.44. The molecule has 68 valence electrons. The van der Waals surface area contributed by atoms with Crippen LogP contribution in [0.4, 0.5) is 0 Å². The quantitative estimate of drug-likeness (QED) is 0.558. The maximum atomic E-state index is 2.34. The number of hydrogen-bond donors (Lipinski definition) is 0. The molecule has 0 radical (unpaired) electrons. The molecule has 0 spiro atoms. The van der Waals surface area contributed by atoms with Crippen LogP contribution < -0.4 is 5.46 Å². The Hall–Kier alpha value is -0.765. The molecule has 0 aromatic heterocycles. The first-order valence-electron chi connectivity index (χ1n) is 4.58. The molecule has 0 bridgehead atoms. The minimum absolute atomic E-state index is 1.28. The molecule has 2 aromatic rings. The lowest BCUT2D eigenvalue weighted by Gasteiger charge is -2.02. The van der Waals surface area contributed by atoms with Gasteiger partial charge in [-0.15, -0.1) is 0 Å². The van der Waals surface area contributed by atoms with Crippen molar-refractivity contribution >= 4 is 35.9 Å². The lowest BCUT2D eigenvalue weighted by Crippen LogP contribution is -1.99. The summed E-state index contributed by atoms with van der Waals surface area (Å²) in [5, 5.41) is 0. The molecule has 0 aliphatic rings. The van der Waals surface area contributed by atoms with Gasteiger partial charge in [0.1, 0.15) is 7.85 Å². The van der Waals surface area contributed by atoms with E-state index in [1.165, 1.54) is 20.2 Å². The summed E-state index contributed by atoms with van der Waals surface area (Å²) in [4.78, 5) is 0. The van der Waals surface area contributed by atoms with Crippen LogP contribution in [0.2, 0.25) is 0 Å². The molecule has 0 atom stereocenters. The Morgan fingerprint density at radius 1 is 0.857 bits per heavy atom. The minimum Gasteiger partial charge on any atom is -0.0889 e. The van der Waals surface area contributed by atoms with E-state index in [-0.39, 0.29) is 0 Å². The Bertz CT molecular complexity index is 434. The summed E-state index contributed by atoms with van der Waals surface area (Å²) >= 11 is 2.34. The SMILES string of the molecule is Bc1ccc(-c2cccc(I)c2)cc1. The average molecular weight is 292 g/mol. The summed E-state index contributed by atoms with van der Waals surface area (Å²) in [5.41, 5.74) is 3.88. The van der Waals surface area contributed by atoms with Crippen molar-refractivity contribution in [2.75, 3.05) is 0 Å². The van der Waals surface area contributed by atoms with E-state index in [1.807, 2.05) is 0 Å². The molecule has 0 fully saturated rings. The number of hydrogen-bond acceptors (Lipinski definition) is 0. The summed E-state index contributed by atoms with van der Waals surface area (Å²) in [6.45, 7) is 0. The summed E-state index contributed by atoms with van der Waals surface area (Å²) in [6, 6.07) is 17.2. The van der Waals surface area contributed by atoms with Crippen LogP contribution >= 0.6 is 22.6 Å². The van der Waals surface area contributed by atoms with Gasteiger partial charge in [-0.3, -0.25) is 0 Å². The van der Waals surface area contributed by atoms with Crippen molar-refractivity contribution in [1.82, 2.24) is 0 Å². The molecule has 0 aliphatic heterocycles. The number of halogens is 1. The zero-order chi connectivity index (χ0) is 9.97. The first-order valence-corrected chi connectivity index (χ1v) is 5.66. The second-order valence-electron chi connectivity index (χ2n) is 3.38. The number of rotatable bonds is 1. The fourth-order valence-corrected chi connectivity index (χ4v) is 1.96. The van der Waals surface area contributed by atoms with Gasteiger partial charge in [0.05, 0.1) is 0 Å². The van der Waals surface area contributed by atoms with Crippen LogP contribution in [0.3, 0.4) is 0 Å². The smallest absolute Gasteiger partial charge is 0.0889 e. The van der Waals surface area contributed by atoms with Crippen molar-refractivity contribution in [2.45, 2.75) is 0 Å². The topological polar surface area (TPSA) is 0 Å². The second-order valence-corrected chi connectivity index (χ2v) is 4.62. The summed E-state index contributed by atoms with van der Waals surface area (Å²) in [7, 11) is 2.11. The third kappa shape index (κ3) is 2.18. The highest BCUT2D eigenvalue weighted by Crippen LogP contribution is 2.19. The molecular formula is C12H10BI. The normalized spacial score (nSPS) is 10.1. The first kappa shape index (κ1) is 9.78. The van der Waals surface area contributed by atoms with Crippen LogP contribution in [0, 0.1) is 3.57 Å². The van der Waals surface area contributed by atoms with Crippen molar-refractivity contribution in [3.8, 4) is 11.1 Å². The molecule has 0 nitrogen and oxygen atoms in total. The van der Waals surface area contributed by atoms with Crippen molar-refractivity contribution in [3.05, 3.63) is 52.1 Å². The fourth-order valence-electron chi connectivity index (χ4n) is 1.41. The third-order valence-electron chi connectivity index (χ3n) is 2.21. The fraction of sp³-hybridized carbons (Fsp3) is 0. The van der Waals surface area contributed by atoms with E-state index >= 15 is 0 Å². The van der Waals surface area contributed by atoms with E-state index in [0.717, 1.165) is 0 Å². The zero-order valence-electron chi connectivity index (χ0n) is 8.00. The number of benzene rings is 2. The largest absolute Gasteiger partial charge is 0.139 e. The van der Waals surface area contributed by atoms with Crippen LogP contribution in [0.5, 0.6) is 0 Å². The summed E-state index contributed by atoms with van der Waals surface area (Å²) < 4.78 is 1.28. The molecule has 0 aliphatic carbocycles. The standard InChI is InChI=1S/C12H10BI/c13-11-6-4-9(5-7-11)10-2-1-3-12(14)8-10/h1-8H,13H2. The van der Waals surface area contributed by atoms with Gasteiger partial charge in [-0.05, 0) is 45.9 Å². The van der Waals surface area contributed by atoms with Gasteiger partial charge in [-0.2, -0.15) is 0 Å². The van der Waals surface area contributed by atoms with E-state index < -0.39 is 0 Å². The van der Waals surface area contributed by atoms with Gasteiger partial charge in [-0.1, -0.05) is 41.9 Å². The molecular weight excluding hydrogens is 282 g/mol. The Labute approximate surface area is 98.9 Å². The van der Waals surface area contributed by atoms with E-state index in [1.54, 1.807) is 0 Å². The molecule has 2 aromatic carbocycles. The van der Waals surface area contributed by atoms with Crippen LogP contribution in [-0.2, 0) is 0 Å². The Kier molecular flexibility index (Phi) is 2.92. The Morgan fingerprint density at radius 2 is 1.57 bits per heavy atom. The highest BCUT2D eigenvalue weighted by molar-refractivity contribution is 14.1. The Morgan fingerprint density at radius 3 is 2.21 bits per heavy atom. The van der Waals surface area contributed by atoms with Crippen molar-refractivity contribution in [1.29, 1.82) is 0 Å². The van der Waals surface area contributed by atoms with Gasteiger partial charge in [0.25, 0.3) is 0 Å². The first-order chi connectivity index (χ1) is 6.75. The van der Waals surface area contributed by atoms with Gasteiger partial charge in [0.2, 0.25) is 0 Å². The average Bonchev–Trinajstić information content (AvgIpc) is 2.19. The monoisotopic (exact) mass is 292 g/mol. The summed E-state index contributed by atoms with van der Waals surface area (Å²) in [5.74, 6) is 0. The maximum absolute atomic E-state index is 2.34. The molecule has 2 heteroatoms. The third-order valence-corrected chi connectivity index (χ3v) is 2.88. The van der Waals surface area contributed by atoms with Gasteiger partial charge < -0.3 is 0 Å². The molecule has 0 saturated carbocycles. The predicted molar refractivity (Wildman–Crippen MR) is 72.8 cm³/mol. The van der Waals surface area contributed by atoms with Crippen molar-refractivity contribution < 1.29 is 0 Å². The van der Waals surface area contributed by atoms with Crippen LogP contribution in [-0.4, -0.2) is 7.85 Å². The predicted octanol–water partition coefficient (Wildman–Crippen LogP) is 2.22. The van der Waals surface area contributed by atoms with Crippen LogP contribution in [0.25, 0.3) is 11.1 Å². The van der Waals surface area contributed by atoms with E-state index in [2.05, 4.69) is 79.0 Å². The minimum atomic E-state index is 1.28. The van der Waals surface area contributed by atoms with Crippen molar-refractivity contribution in [2.24, 2.45) is 0 Å². The van der Waals surface area contributed by atoms with Crippen molar-refractivity contribution in [3.63, 3.8) is 0 Å². The molecule has 0 saturated heterocycles. The summed E-state index contributed by atoms with van der Waals surface area (Å²) in [6.07, 6.45) is 0. The molecule has 2 rings (SSSR count). The van der Waals surface area contributed by atoms with Crippen LogP contribution in [0.1, 0.15) is 0 Å². The zero-order valence-corrected chi connectivity index (χ0v) is 10.2. The lowest BCUT2D eigenvalue weighted by atomic mass is 9.94. The van der Waals surface area contributed by atoms with Gasteiger partial charge in [0.15, 0.2) is 0 Å².